The summed E-state index contributed by atoms with van der Waals surface area (Å²) in [6, 6.07) is 3.26. The van der Waals surface area contributed by atoms with E-state index in [1.165, 1.54) is 12.1 Å². The smallest absolute Gasteiger partial charge is 0.144 e. The van der Waals surface area contributed by atoms with E-state index >= 15 is 0 Å². The molecule has 2 rings (SSSR count). The third-order valence-electron chi connectivity index (χ3n) is 2.75. The molecule has 0 aliphatic rings. The number of hydrogen-bond acceptors (Lipinski definition) is 2. The van der Waals surface area contributed by atoms with Gasteiger partial charge in [-0.1, -0.05) is 33.0 Å². The maximum Gasteiger partial charge on any atom is 0.144 e. The summed E-state index contributed by atoms with van der Waals surface area (Å²) in [5, 5.41) is 0. The van der Waals surface area contributed by atoms with E-state index in [0.717, 1.165) is 11.8 Å². The van der Waals surface area contributed by atoms with E-state index in [1.807, 2.05) is 20.8 Å². The summed E-state index contributed by atoms with van der Waals surface area (Å²) in [7, 11) is 0. The van der Waals surface area contributed by atoms with Crippen LogP contribution in [0, 0.1) is 16.3 Å². The second-order valence-electron chi connectivity index (χ2n) is 5.49. The van der Waals surface area contributed by atoms with Crippen LogP contribution in [0.4, 0.5) is 8.78 Å². The minimum absolute atomic E-state index is 0.212. The van der Waals surface area contributed by atoms with Crippen molar-refractivity contribution >= 4 is 28.1 Å². The Morgan fingerprint density at radius 2 is 1.70 bits per heavy atom. The largest absolute Gasteiger partial charge is 0.342 e. The standard InChI is InChI=1S/C14H13BrF2N2S/c1-14(2,3)11-10(15)13(20)19-12(18-11)7-4-8(16)6-9(17)5-7/h4-6H,1-3H3,(H,18,19,20). The predicted molar refractivity (Wildman–Crippen MR) is 81.2 cm³/mol. The summed E-state index contributed by atoms with van der Waals surface area (Å²) in [5.41, 5.74) is 0.944. The first kappa shape index (κ1) is 15.3. The minimum atomic E-state index is -0.652. The molecule has 0 saturated heterocycles. The second kappa shape index (κ2) is 5.33. The molecule has 0 unspecified atom stereocenters. The molecule has 1 aromatic heterocycles. The van der Waals surface area contributed by atoms with Crippen molar-refractivity contribution in [2.45, 2.75) is 26.2 Å². The van der Waals surface area contributed by atoms with Gasteiger partial charge in [-0.25, -0.2) is 13.8 Å². The van der Waals surface area contributed by atoms with Crippen LogP contribution in [0.1, 0.15) is 26.5 Å². The number of hydrogen-bond donors (Lipinski definition) is 1. The van der Waals surface area contributed by atoms with Crippen LogP contribution in [-0.2, 0) is 5.41 Å². The summed E-state index contributed by atoms with van der Waals surface area (Å²) < 4.78 is 27.7. The number of nitrogens with one attached hydrogen (secondary N) is 1. The van der Waals surface area contributed by atoms with Gasteiger partial charge in [0.05, 0.1) is 4.47 Å². The molecule has 1 N–H and O–H groups in total. The summed E-state index contributed by atoms with van der Waals surface area (Å²) in [6.45, 7) is 6.02. The fourth-order valence-corrected chi connectivity index (χ4v) is 2.78. The Bertz CT molecular complexity index is 700. The highest BCUT2D eigenvalue weighted by molar-refractivity contribution is 9.10. The van der Waals surface area contributed by atoms with E-state index in [2.05, 4.69) is 25.9 Å². The Kier molecular flexibility index (Phi) is 4.07. The third-order valence-corrected chi connectivity index (χ3v) is 4.08. The van der Waals surface area contributed by atoms with Gasteiger partial charge in [0.15, 0.2) is 0 Å². The molecule has 1 heterocycles. The van der Waals surface area contributed by atoms with Crippen LogP contribution >= 0.6 is 28.1 Å². The van der Waals surface area contributed by atoms with Gasteiger partial charge in [0.2, 0.25) is 0 Å². The molecule has 0 saturated carbocycles. The molecule has 0 radical (unpaired) electrons. The van der Waals surface area contributed by atoms with Crippen molar-refractivity contribution in [2.75, 3.05) is 0 Å². The van der Waals surface area contributed by atoms with Crippen LogP contribution in [-0.4, -0.2) is 9.97 Å². The molecule has 0 amide bonds. The maximum atomic E-state index is 13.3. The second-order valence-corrected chi connectivity index (χ2v) is 6.67. The first-order chi connectivity index (χ1) is 9.18. The Labute approximate surface area is 129 Å². The van der Waals surface area contributed by atoms with Crippen LogP contribution in [0.25, 0.3) is 11.4 Å². The van der Waals surface area contributed by atoms with Crippen molar-refractivity contribution in [3.63, 3.8) is 0 Å². The van der Waals surface area contributed by atoms with E-state index < -0.39 is 11.6 Å². The summed E-state index contributed by atoms with van der Waals surface area (Å²) >= 11 is 8.60. The molecule has 0 fully saturated rings. The Morgan fingerprint density at radius 3 is 2.20 bits per heavy atom. The highest BCUT2D eigenvalue weighted by Crippen LogP contribution is 2.30. The van der Waals surface area contributed by atoms with Crippen LogP contribution < -0.4 is 0 Å². The van der Waals surface area contributed by atoms with Crippen LogP contribution in [0.2, 0.25) is 0 Å². The highest BCUT2D eigenvalue weighted by atomic mass is 79.9. The average molecular weight is 359 g/mol. The number of benzene rings is 1. The number of nitrogens with zero attached hydrogens (tertiary/aromatic N) is 1. The quantitative estimate of drug-likeness (QED) is 0.714. The van der Waals surface area contributed by atoms with Gasteiger partial charge in [-0.2, -0.15) is 0 Å². The topological polar surface area (TPSA) is 28.7 Å². The van der Waals surface area contributed by atoms with Crippen molar-refractivity contribution in [3.8, 4) is 11.4 Å². The van der Waals surface area contributed by atoms with Crippen LogP contribution in [0.15, 0.2) is 22.7 Å². The average Bonchev–Trinajstić information content (AvgIpc) is 2.29. The molecule has 2 nitrogen and oxygen atoms in total. The predicted octanol–water partition coefficient (Wildman–Crippen LogP) is 5.14. The van der Waals surface area contributed by atoms with Crippen LogP contribution in [0.3, 0.4) is 0 Å². The van der Waals surface area contributed by atoms with Crippen molar-refractivity contribution in [1.82, 2.24) is 9.97 Å². The first-order valence-corrected chi connectivity index (χ1v) is 7.15. The number of halogens is 3. The Hall–Kier alpha value is -1.14. The third kappa shape index (κ3) is 3.12. The van der Waals surface area contributed by atoms with Crippen molar-refractivity contribution in [2.24, 2.45) is 0 Å². The molecular weight excluding hydrogens is 346 g/mol. The zero-order valence-corrected chi connectivity index (χ0v) is 13.6. The van der Waals surface area contributed by atoms with Gasteiger partial charge in [-0.05, 0) is 28.1 Å². The van der Waals surface area contributed by atoms with Crippen molar-refractivity contribution in [3.05, 3.63) is 44.6 Å². The number of aromatic amines is 1. The van der Waals surface area contributed by atoms with Crippen molar-refractivity contribution in [1.29, 1.82) is 0 Å². The van der Waals surface area contributed by atoms with Gasteiger partial charge < -0.3 is 4.98 Å². The monoisotopic (exact) mass is 358 g/mol. The number of rotatable bonds is 1. The normalized spacial score (nSPS) is 11.7. The fourth-order valence-electron chi connectivity index (χ4n) is 1.80. The molecule has 106 valence electrons. The van der Waals surface area contributed by atoms with E-state index in [1.54, 1.807) is 0 Å². The van der Waals surface area contributed by atoms with Crippen molar-refractivity contribution < 1.29 is 8.78 Å². The molecule has 0 atom stereocenters. The molecular formula is C14H13BrF2N2S. The lowest BCUT2D eigenvalue weighted by molar-refractivity contribution is 0.563. The summed E-state index contributed by atoms with van der Waals surface area (Å²) in [5.74, 6) is -0.954. The van der Waals surface area contributed by atoms with Gasteiger partial charge in [-0.3, -0.25) is 0 Å². The Balaban J connectivity index is 2.70. The summed E-state index contributed by atoms with van der Waals surface area (Å²) in [6.07, 6.45) is 0. The lowest BCUT2D eigenvalue weighted by atomic mass is 9.92. The fraction of sp³-hybridized carbons (Fsp3) is 0.286. The Morgan fingerprint density at radius 1 is 1.15 bits per heavy atom. The van der Waals surface area contributed by atoms with E-state index in [4.69, 9.17) is 12.2 Å². The van der Waals surface area contributed by atoms with Gasteiger partial charge >= 0.3 is 0 Å². The lowest BCUT2D eigenvalue weighted by Gasteiger charge is -2.21. The molecule has 0 aliphatic heterocycles. The van der Waals surface area contributed by atoms with E-state index in [-0.39, 0.29) is 5.41 Å². The zero-order chi connectivity index (χ0) is 15.1. The lowest BCUT2D eigenvalue weighted by Crippen LogP contribution is -2.16. The minimum Gasteiger partial charge on any atom is -0.342 e. The SMILES string of the molecule is CC(C)(C)c1[nH]c(-c2cc(F)cc(F)c2)nc(=S)c1Br. The molecule has 0 spiro atoms. The molecule has 0 aliphatic carbocycles. The van der Waals surface area contributed by atoms with E-state index in [9.17, 15) is 8.78 Å². The number of H-pyrrole nitrogens is 1. The van der Waals surface area contributed by atoms with Crippen LogP contribution in [0.5, 0.6) is 0 Å². The summed E-state index contributed by atoms with van der Waals surface area (Å²) in [4.78, 5) is 7.28. The zero-order valence-electron chi connectivity index (χ0n) is 11.2. The van der Waals surface area contributed by atoms with E-state index in [0.29, 0.717) is 20.5 Å². The molecule has 0 bridgehead atoms. The highest BCUT2D eigenvalue weighted by Gasteiger charge is 2.20. The van der Waals surface area contributed by atoms with Gasteiger partial charge in [0.25, 0.3) is 0 Å². The first-order valence-electron chi connectivity index (χ1n) is 5.95. The molecule has 1 aromatic carbocycles. The molecule has 20 heavy (non-hydrogen) atoms. The number of aromatic nitrogens is 2. The maximum absolute atomic E-state index is 13.3. The van der Waals surface area contributed by atoms with Gasteiger partial charge in [-0.15, -0.1) is 0 Å². The molecule has 6 heteroatoms. The molecule has 2 aromatic rings. The van der Waals surface area contributed by atoms with Gasteiger partial charge in [0.1, 0.15) is 22.1 Å². The van der Waals surface area contributed by atoms with Gasteiger partial charge in [0, 0.05) is 22.7 Å².